The highest BCUT2D eigenvalue weighted by Crippen LogP contribution is 2.29. The van der Waals surface area contributed by atoms with Gasteiger partial charge in [0.05, 0.1) is 30.3 Å². The molecule has 0 spiro atoms. The van der Waals surface area contributed by atoms with Crippen LogP contribution in [0.2, 0.25) is 0 Å². The molecule has 1 atom stereocenters. The smallest absolute Gasteiger partial charge is 0.296 e. The quantitative estimate of drug-likeness (QED) is 0.552. The van der Waals surface area contributed by atoms with E-state index in [1.54, 1.807) is 35.2 Å². The zero-order valence-corrected chi connectivity index (χ0v) is 19.6. The number of nitrogens with one attached hydrogen (secondary N) is 1. The lowest BCUT2D eigenvalue weighted by atomic mass is 10.1. The molecular weight excluding hydrogens is 472 g/mol. The van der Waals surface area contributed by atoms with Crippen LogP contribution >= 0.6 is 0 Å². The van der Waals surface area contributed by atoms with E-state index < -0.39 is 6.43 Å². The molecule has 36 heavy (non-hydrogen) atoms. The predicted octanol–water partition coefficient (Wildman–Crippen LogP) is 2.39. The molecule has 1 amide bonds. The van der Waals surface area contributed by atoms with Crippen LogP contribution in [-0.2, 0) is 14.3 Å². The van der Waals surface area contributed by atoms with E-state index in [9.17, 15) is 13.6 Å². The fraction of sp³-hybridized carbons (Fsp3) is 0.500. The van der Waals surface area contributed by atoms with Gasteiger partial charge in [0.2, 0.25) is 5.95 Å². The molecule has 3 saturated heterocycles. The lowest BCUT2D eigenvalue weighted by Gasteiger charge is -2.41. The van der Waals surface area contributed by atoms with Crippen molar-refractivity contribution in [3.8, 4) is 5.82 Å². The van der Waals surface area contributed by atoms with Crippen molar-refractivity contribution in [1.82, 2.24) is 24.4 Å². The molecule has 10 nitrogen and oxygen atoms in total. The summed E-state index contributed by atoms with van der Waals surface area (Å²) in [5.41, 5.74) is 1.01. The second-order valence-electron chi connectivity index (χ2n) is 9.19. The fourth-order valence-corrected chi connectivity index (χ4v) is 4.88. The number of halogens is 2. The SMILES string of the molecule is O=C([C@H]1CCCO1)N1CC(Nc2cc(-n3c(C(F)F)nc4ccccc43)nc(N3CCOCC3)n2)C1. The van der Waals surface area contributed by atoms with E-state index in [1.807, 2.05) is 4.90 Å². The van der Waals surface area contributed by atoms with Gasteiger partial charge in [-0.15, -0.1) is 0 Å². The third-order valence-electron chi connectivity index (χ3n) is 6.76. The highest BCUT2D eigenvalue weighted by Gasteiger charge is 2.36. The Morgan fingerprint density at radius 2 is 1.89 bits per heavy atom. The molecule has 0 radical (unpaired) electrons. The predicted molar refractivity (Wildman–Crippen MR) is 128 cm³/mol. The Hall–Kier alpha value is -3.38. The number of anilines is 2. The van der Waals surface area contributed by atoms with Crippen molar-refractivity contribution in [2.45, 2.75) is 31.4 Å². The summed E-state index contributed by atoms with van der Waals surface area (Å²) < 4.78 is 40.4. The van der Waals surface area contributed by atoms with Crippen molar-refractivity contribution >= 4 is 28.7 Å². The van der Waals surface area contributed by atoms with Crippen LogP contribution in [0.25, 0.3) is 16.9 Å². The Morgan fingerprint density at radius 1 is 1.08 bits per heavy atom. The van der Waals surface area contributed by atoms with Crippen LogP contribution < -0.4 is 10.2 Å². The minimum atomic E-state index is -2.78. The molecule has 0 saturated carbocycles. The number of carbonyl (C=O) groups excluding carboxylic acids is 1. The number of nitrogens with zero attached hydrogens (tertiary/aromatic N) is 6. The maximum Gasteiger partial charge on any atom is 0.296 e. The summed E-state index contributed by atoms with van der Waals surface area (Å²) in [6.45, 7) is 3.96. The van der Waals surface area contributed by atoms with Gasteiger partial charge in [0, 0.05) is 38.9 Å². The largest absolute Gasteiger partial charge is 0.378 e. The van der Waals surface area contributed by atoms with Crippen LogP contribution in [0.1, 0.15) is 25.1 Å². The van der Waals surface area contributed by atoms with Crippen molar-refractivity contribution in [2.24, 2.45) is 0 Å². The van der Waals surface area contributed by atoms with Crippen molar-refractivity contribution in [3.05, 3.63) is 36.2 Å². The summed E-state index contributed by atoms with van der Waals surface area (Å²) in [4.78, 5) is 29.8. The Balaban J connectivity index is 1.31. The van der Waals surface area contributed by atoms with Crippen molar-refractivity contribution < 1.29 is 23.0 Å². The number of likely N-dealkylation sites (tertiary alicyclic amines) is 1. The number of rotatable bonds is 6. The minimum absolute atomic E-state index is 0.00950. The van der Waals surface area contributed by atoms with Crippen LogP contribution in [0.5, 0.6) is 0 Å². The Bertz CT molecular complexity index is 1250. The van der Waals surface area contributed by atoms with Gasteiger partial charge in [-0.1, -0.05) is 12.1 Å². The van der Waals surface area contributed by atoms with Crippen molar-refractivity contribution in [1.29, 1.82) is 0 Å². The summed E-state index contributed by atoms with van der Waals surface area (Å²) in [6, 6.07) is 8.65. The van der Waals surface area contributed by atoms with Gasteiger partial charge in [-0.25, -0.2) is 13.8 Å². The average Bonchev–Trinajstić information content (AvgIpc) is 3.54. The number of ether oxygens (including phenoxy) is 2. The van der Waals surface area contributed by atoms with Crippen molar-refractivity contribution in [2.75, 3.05) is 56.2 Å². The van der Waals surface area contributed by atoms with Crippen LogP contribution in [0.4, 0.5) is 20.5 Å². The molecular formula is C24H27F2N7O3. The Labute approximate surface area is 206 Å². The number of para-hydroxylation sites is 2. The number of benzene rings is 1. The topological polar surface area (TPSA) is 97.6 Å². The van der Waals surface area contributed by atoms with Crippen LogP contribution in [0.3, 0.4) is 0 Å². The van der Waals surface area contributed by atoms with Gasteiger partial charge in [0.25, 0.3) is 12.3 Å². The third-order valence-corrected chi connectivity index (χ3v) is 6.76. The highest BCUT2D eigenvalue weighted by molar-refractivity contribution is 5.82. The monoisotopic (exact) mass is 499 g/mol. The lowest BCUT2D eigenvalue weighted by Crippen LogP contribution is -2.59. The molecule has 3 fully saturated rings. The molecule has 12 heteroatoms. The van der Waals surface area contributed by atoms with E-state index in [1.165, 1.54) is 4.57 Å². The summed E-state index contributed by atoms with van der Waals surface area (Å²) in [7, 11) is 0. The fourth-order valence-electron chi connectivity index (χ4n) is 4.88. The number of imidazole rings is 1. The first-order chi connectivity index (χ1) is 17.6. The first-order valence-electron chi connectivity index (χ1n) is 12.2. The maximum atomic E-state index is 14.0. The van der Waals surface area contributed by atoms with E-state index in [2.05, 4.69) is 20.3 Å². The molecule has 2 aromatic heterocycles. The summed E-state index contributed by atoms with van der Waals surface area (Å²) >= 11 is 0. The van der Waals surface area contributed by atoms with Crippen LogP contribution in [0, 0.1) is 0 Å². The van der Waals surface area contributed by atoms with Gasteiger partial charge in [0.1, 0.15) is 17.7 Å². The third kappa shape index (κ3) is 4.35. The van der Waals surface area contributed by atoms with E-state index in [4.69, 9.17) is 9.47 Å². The van der Waals surface area contributed by atoms with E-state index in [0.717, 1.165) is 12.8 Å². The maximum absolute atomic E-state index is 14.0. The van der Waals surface area contributed by atoms with Gasteiger partial charge < -0.3 is 24.6 Å². The normalized spacial score (nSPS) is 20.8. The van der Waals surface area contributed by atoms with Gasteiger partial charge >= 0.3 is 0 Å². The molecule has 190 valence electrons. The second kappa shape index (κ2) is 9.58. The number of amides is 1. The zero-order valence-electron chi connectivity index (χ0n) is 19.6. The number of fused-ring (bicyclic) bond motifs is 1. The minimum Gasteiger partial charge on any atom is -0.378 e. The molecule has 0 bridgehead atoms. The Kier molecular flexibility index (Phi) is 6.13. The van der Waals surface area contributed by atoms with Crippen LogP contribution in [0.15, 0.2) is 30.3 Å². The van der Waals surface area contributed by atoms with Gasteiger partial charge in [0.15, 0.2) is 5.82 Å². The molecule has 5 heterocycles. The molecule has 3 aliphatic heterocycles. The number of carbonyl (C=O) groups is 1. The Morgan fingerprint density at radius 3 is 2.64 bits per heavy atom. The highest BCUT2D eigenvalue weighted by atomic mass is 19.3. The number of morpholine rings is 1. The van der Waals surface area contributed by atoms with Crippen LogP contribution in [-0.4, -0.2) is 88.5 Å². The zero-order chi connectivity index (χ0) is 24.6. The van der Waals surface area contributed by atoms with E-state index in [-0.39, 0.29) is 23.9 Å². The van der Waals surface area contributed by atoms with E-state index in [0.29, 0.717) is 74.6 Å². The van der Waals surface area contributed by atoms with Gasteiger partial charge in [-0.05, 0) is 25.0 Å². The summed E-state index contributed by atoms with van der Waals surface area (Å²) in [5.74, 6) is 0.904. The molecule has 1 aromatic carbocycles. The molecule has 3 aliphatic rings. The second-order valence-corrected chi connectivity index (χ2v) is 9.19. The first-order valence-corrected chi connectivity index (χ1v) is 12.2. The van der Waals surface area contributed by atoms with Gasteiger partial charge in [-0.3, -0.25) is 9.36 Å². The molecule has 1 N–H and O–H groups in total. The van der Waals surface area contributed by atoms with Crippen molar-refractivity contribution in [3.63, 3.8) is 0 Å². The van der Waals surface area contributed by atoms with Gasteiger partial charge in [-0.2, -0.15) is 9.97 Å². The average molecular weight is 500 g/mol. The molecule has 0 unspecified atom stereocenters. The number of alkyl halides is 2. The van der Waals surface area contributed by atoms with E-state index >= 15 is 0 Å². The standard InChI is InChI=1S/C24H27F2N7O3/c25-21(26)22-28-16-4-1-2-5-17(16)33(22)20-12-19(29-24(30-20)31-7-10-35-11-8-31)27-15-13-32(14-15)23(34)18-6-3-9-36-18/h1-2,4-5,12,15,18,21H,3,6-11,13-14H2,(H,27,29,30)/t18-/m1/s1. The molecule has 6 rings (SSSR count). The molecule has 3 aromatic rings. The number of hydrogen-bond donors (Lipinski definition) is 1. The summed E-state index contributed by atoms with van der Waals surface area (Å²) in [5, 5.41) is 3.37. The first kappa shape index (κ1) is 23.0. The lowest BCUT2D eigenvalue weighted by molar-refractivity contribution is -0.145. The number of aromatic nitrogens is 4. The molecule has 0 aliphatic carbocycles. The number of hydrogen-bond acceptors (Lipinski definition) is 8. The summed E-state index contributed by atoms with van der Waals surface area (Å²) in [6.07, 6.45) is -1.45.